The Kier molecular flexibility index (Phi) is 6.70. The SMILES string of the molecule is CC1CCN(S(=O)(=O)c2ccc(C(=O)N3CCN(Cc4nc5ccccc5s4)CC3)cc2)CC1. The van der Waals surface area contributed by atoms with E-state index >= 15 is 0 Å². The van der Waals surface area contributed by atoms with Crippen molar-refractivity contribution in [3.8, 4) is 0 Å². The Morgan fingerprint density at radius 3 is 2.32 bits per heavy atom. The number of carbonyl (C=O) groups excluding carboxylic acids is 1. The molecular formula is C25H30N4O3S2. The largest absolute Gasteiger partial charge is 0.336 e. The van der Waals surface area contributed by atoms with Crippen molar-refractivity contribution in [1.29, 1.82) is 0 Å². The average molecular weight is 499 g/mol. The molecule has 2 fully saturated rings. The number of nitrogens with zero attached hydrogens (tertiary/aromatic N) is 4. The minimum absolute atomic E-state index is 0.0459. The first kappa shape index (κ1) is 23.4. The third-order valence-electron chi connectivity index (χ3n) is 6.84. The first-order valence-corrected chi connectivity index (χ1v) is 14.1. The van der Waals surface area contributed by atoms with Crippen molar-refractivity contribution in [2.45, 2.75) is 31.2 Å². The Bertz CT molecular complexity index is 1220. The van der Waals surface area contributed by atoms with Crippen LogP contribution in [0.1, 0.15) is 35.1 Å². The van der Waals surface area contributed by atoms with Gasteiger partial charge in [-0.1, -0.05) is 19.1 Å². The lowest BCUT2D eigenvalue weighted by Crippen LogP contribution is -2.48. The van der Waals surface area contributed by atoms with E-state index in [0.29, 0.717) is 37.7 Å². The van der Waals surface area contributed by atoms with Crippen molar-refractivity contribution in [1.82, 2.24) is 19.1 Å². The van der Waals surface area contributed by atoms with E-state index < -0.39 is 10.0 Å². The van der Waals surface area contributed by atoms with Gasteiger partial charge in [-0.25, -0.2) is 13.4 Å². The molecule has 2 aliphatic rings. The minimum atomic E-state index is -3.50. The van der Waals surface area contributed by atoms with Crippen molar-refractivity contribution in [3.63, 3.8) is 0 Å². The van der Waals surface area contributed by atoms with E-state index in [9.17, 15) is 13.2 Å². The average Bonchev–Trinajstić information content (AvgIpc) is 3.27. The van der Waals surface area contributed by atoms with Crippen LogP contribution in [0.5, 0.6) is 0 Å². The second kappa shape index (κ2) is 9.73. The van der Waals surface area contributed by atoms with Gasteiger partial charge in [-0.15, -0.1) is 11.3 Å². The summed E-state index contributed by atoms with van der Waals surface area (Å²) >= 11 is 1.72. The highest BCUT2D eigenvalue weighted by Gasteiger charge is 2.29. The van der Waals surface area contributed by atoms with Crippen LogP contribution in [0.25, 0.3) is 10.2 Å². The number of piperidine rings is 1. The van der Waals surface area contributed by atoms with Crippen LogP contribution in [0.2, 0.25) is 0 Å². The Labute approximate surface area is 205 Å². The molecule has 2 aromatic carbocycles. The predicted octanol–water partition coefficient (Wildman–Crippen LogP) is 3.67. The van der Waals surface area contributed by atoms with Gasteiger partial charge in [-0.2, -0.15) is 4.31 Å². The lowest BCUT2D eigenvalue weighted by Gasteiger charge is -2.34. The van der Waals surface area contributed by atoms with Gasteiger partial charge in [0.25, 0.3) is 5.91 Å². The van der Waals surface area contributed by atoms with E-state index in [2.05, 4.69) is 17.9 Å². The molecule has 3 heterocycles. The molecule has 0 bridgehead atoms. The van der Waals surface area contributed by atoms with E-state index in [1.165, 1.54) is 4.70 Å². The third kappa shape index (κ3) is 4.88. The van der Waals surface area contributed by atoms with E-state index in [4.69, 9.17) is 4.98 Å². The number of amides is 1. The molecule has 34 heavy (non-hydrogen) atoms. The molecule has 0 radical (unpaired) electrons. The Morgan fingerprint density at radius 1 is 0.971 bits per heavy atom. The molecule has 5 rings (SSSR count). The lowest BCUT2D eigenvalue weighted by atomic mass is 10.0. The predicted molar refractivity (Wildman–Crippen MR) is 134 cm³/mol. The monoisotopic (exact) mass is 498 g/mol. The normalized spacial score (nSPS) is 19.0. The topological polar surface area (TPSA) is 73.8 Å². The van der Waals surface area contributed by atoms with Crippen LogP contribution < -0.4 is 0 Å². The van der Waals surface area contributed by atoms with Gasteiger partial charge in [0.05, 0.1) is 21.7 Å². The zero-order valence-corrected chi connectivity index (χ0v) is 21.0. The Morgan fingerprint density at radius 2 is 1.65 bits per heavy atom. The van der Waals surface area contributed by atoms with E-state index in [0.717, 1.165) is 43.0 Å². The molecular weight excluding hydrogens is 468 g/mol. The van der Waals surface area contributed by atoms with Gasteiger partial charge in [-0.05, 0) is 55.2 Å². The number of aromatic nitrogens is 1. The molecule has 7 nitrogen and oxygen atoms in total. The summed E-state index contributed by atoms with van der Waals surface area (Å²) in [6.45, 7) is 6.96. The number of thiazole rings is 1. The number of sulfonamides is 1. The fourth-order valence-corrected chi connectivity index (χ4v) is 7.09. The summed E-state index contributed by atoms with van der Waals surface area (Å²) in [6, 6.07) is 14.6. The first-order chi connectivity index (χ1) is 16.4. The summed E-state index contributed by atoms with van der Waals surface area (Å²) in [6.07, 6.45) is 1.78. The number of carbonyl (C=O) groups is 1. The van der Waals surface area contributed by atoms with E-state index in [1.807, 2.05) is 23.1 Å². The fourth-order valence-electron chi connectivity index (χ4n) is 4.61. The summed E-state index contributed by atoms with van der Waals surface area (Å²) < 4.78 is 28.6. The molecule has 0 atom stereocenters. The number of rotatable bonds is 5. The molecule has 0 aliphatic carbocycles. The van der Waals surface area contributed by atoms with Gasteiger partial charge in [0.15, 0.2) is 0 Å². The van der Waals surface area contributed by atoms with Crippen molar-refractivity contribution in [2.24, 2.45) is 5.92 Å². The van der Waals surface area contributed by atoms with Crippen LogP contribution in [0, 0.1) is 5.92 Å². The molecule has 180 valence electrons. The molecule has 3 aromatic rings. The van der Waals surface area contributed by atoms with Gasteiger partial charge in [-0.3, -0.25) is 9.69 Å². The van der Waals surface area contributed by atoms with Crippen molar-refractivity contribution in [2.75, 3.05) is 39.3 Å². The summed E-state index contributed by atoms with van der Waals surface area (Å²) in [5.74, 6) is 0.517. The van der Waals surface area contributed by atoms with Crippen LogP contribution in [0.4, 0.5) is 0 Å². The first-order valence-electron chi connectivity index (χ1n) is 11.9. The summed E-state index contributed by atoms with van der Waals surface area (Å²) in [4.78, 5) is 22.2. The zero-order chi connectivity index (χ0) is 23.7. The Balaban J connectivity index is 1.17. The molecule has 0 unspecified atom stereocenters. The van der Waals surface area contributed by atoms with E-state index in [-0.39, 0.29) is 10.8 Å². The molecule has 1 aromatic heterocycles. The van der Waals surface area contributed by atoms with Crippen LogP contribution in [-0.4, -0.2) is 72.7 Å². The van der Waals surface area contributed by atoms with Gasteiger partial charge >= 0.3 is 0 Å². The van der Waals surface area contributed by atoms with Gasteiger partial charge in [0.1, 0.15) is 5.01 Å². The van der Waals surface area contributed by atoms with Crippen molar-refractivity contribution < 1.29 is 13.2 Å². The van der Waals surface area contributed by atoms with Gasteiger partial charge < -0.3 is 4.90 Å². The minimum Gasteiger partial charge on any atom is -0.336 e. The molecule has 0 saturated carbocycles. The van der Waals surface area contributed by atoms with Crippen LogP contribution in [-0.2, 0) is 16.6 Å². The maximum Gasteiger partial charge on any atom is 0.253 e. The highest BCUT2D eigenvalue weighted by Crippen LogP contribution is 2.25. The smallest absolute Gasteiger partial charge is 0.253 e. The Hall–Kier alpha value is -2.33. The fraction of sp³-hybridized carbons (Fsp3) is 0.440. The number of fused-ring (bicyclic) bond motifs is 1. The third-order valence-corrected chi connectivity index (χ3v) is 9.77. The number of hydrogen-bond donors (Lipinski definition) is 0. The van der Waals surface area contributed by atoms with Crippen LogP contribution >= 0.6 is 11.3 Å². The summed E-state index contributed by atoms with van der Waals surface area (Å²) in [5.41, 5.74) is 1.57. The van der Waals surface area contributed by atoms with Crippen LogP contribution in [0.3, 0.4) is 0 Å². The summed E-state index contributed by atoms with van der Waals surface area (Å²) in [7, 11) is -3.50. The molecule has 0 N–H and O–H groups in total. The number of piperazine rings is 1. The van der Waals surface area contributed by atoms with Crippen molar-refractivity contribution >= 4 is 37.5 Å². The summed E-state index contributed by atoms with van der Waals surface area (Å²) in [5, 5.41) is 1.10. The maximum absolute atomic E-state index is 13.0. The number of para-hydroxylation sites is 1. The highest BCUT2D eigenvalue weighted by molar-refractivity contribution is 7.89. The zero-order valence-electron chi connectivity index (χ0n) is 19.4. The second-order valence-corrected chi connectivity index (χ2v) is 12.3. The molecule has 9 heteroatoms. The molecule has 1 amide bonds. The van der Waals surface area contributed by atoms with Gasteiger partial charge in [0, 0.05) is 44.8 Å². The van der Waals surface area contributed by atoms with Crippen molar-refractivity contribution in [3.05, 3.63) is 59.1 Å². The standard InChI is InChI=1S/C25H30N4O3S2/c1-19-10-12-29(13-11-19)34(31,32)21-8-6-20(7-9-21)25(30)28-16-14-27(15-17-28)18-24-26-22-4-2-3-5-23(22)33-24/h2-9,19H,10-18H2,1H3. The molecule has 0 spiro atoms. The second-order valence-electron chi connectivity index (χ2n) is 9.25. The quantitative estimate of drug-likeness (QED) is 0.537. The highest BCUT2D eigenvalue weighted by atomic mass is 32.2. The lowest BCUT2D eigenvalue weighted by molar-refractivity contribution is 0.0628. The van der Waals surface area contributed by atoms with Crippen LogP contribution in [0.15, 0.2) is 53.4 Å². The van der Waals surface area contributed by atoms with E-state index in [1.54, 1.807) is 39.9 Å². The number of benzene rings is 2. The van der Waals surface area contributed by atoms with Gasteiger partial charge in [0.2, 0.25) is 10.0 Å². The molecule has 2 aliphatic heterocycles. The molecule has 2 saturated heterocycles. The maximum atomic E-state index is 13.0. The number of hydrogen-bond acceptors (Lipinski definition) is 6.